The van der Waals surface area contributed by atoms with Crippen LogP contribution < -0.4 is 10.1 Å². The molecule has 3 nitrogen and oxygen atoms in total. The SMILES string of the molecule is CC(C)c1cc2cc(OC3CC(NC(C)(C)C)C3)ccc2o1. The van der Waals surface area contributed by atoms with Crippen molar-refractivity contribution in [3.63, 3.8) is 0 Å². The van der Waals surface area contributed by atoms with Crippen molar-refractivity contribution >= 4 is 11.0 Å². The maximum atomic E-state index is 6.09. The molecule has 0 radical (unpaired) electrons. The highest BCUT2D eigenvalue weighted by molar-refractivity contribution is 5.79. The second kappa shape index (κ2) is 5.62. The van der Waals surface area contributed by atoms with Gasteiger partial charge in [-0.3, -0.25) is 0 Å². The van der Waals surface area contributed by atoms with Gasteiger partial charge in [-0.05, 0) is 57.9 Å². The van der Waals surface area contributed by atoms with E-state index in [2.05, 4.69) is 52.1 Å². The van der Waals surface area contributed by atoms with E-state index >= 15 is 0 Å². The van der Waals surface area contributed by atoms with Crippen LogP contribution in [0.3, 0.4) is 0 Å². The molecule has 1 heterocycles. The van der Waals surface area contributed by atoms with Crippen LogP contribution in [0.2, 0.25) is 0 Å². The summed E-state index contributed by atoms with van der Waals surface area (Å²) < 4.78 is 11.9. The van der Waals surface area contributed by atoms with Gasteiger partial charge in [0.15, 0.2) is 0 Å². The first-order chi connectivity index (χ1) is 10.3. The van der Waals surface area contributed by atoms with Crippen molar-refractivity contribution < 1.29 is 9.15 Å². The number of rotatable bonds is 4. The lowest BCUT2D eigenvalue weighted by Crippen LogP contribution is -2.53. The van der Waals surface area contributed by atoms with Gasteiger partial charge in [-0.15, -0.1) is 0 Å². The number of nitrogens with one attached hydrogen (secondary N) is 1. The summed E-state index contributed by atoms with van der Waals surface area (Å²) in [6.45, 7) is 10.9. The van der Waals surface area contributed by atoms with E-state index in [0.29, 0.717) is 18.1 Å². The zero-order chi connectivity index (χ0) is 15.9. The molecule has 0 unspecified atom stereocenters. The van der Waals surface area contributed by atoms with Gasteiger partial charge in [-0.1, -0.05) is 13.8 Å². The van der Waals surface area contributed by atoms with E-state index in [4.69, 9.17) is 9.15 Å². The van der Waals surface area contributed by atoms with Crippen LogP contribution >= 0.6 is 0 Å². The van der Waals surface area contributed by atoms with Crippen molar-refractivity contribution in [1.82, 2.24) is 5.32 Å². The lowest BCUT2D eigenvalue weighted by molar-refractivity contribution is 0.0735. The molecule has 1 aromatic heterocycles. The monoisotopic (exact) mass is 301 g/mol. The van der Waals surface area contributed by atoms with Gasteiger partial charge in [0.2, 0.25) is 0 Å². The number of furan rings is 1. The third kappa shape index (κ3) is 3.46. The molecular formula is C19H27NO2. The minimum Gasteiger partial charge on any atom is -0.490 e. The molecule has 0 saturated heterocycles. The summed E-state index contributed by atoms with van der Waals surface area (Å²) in [5.41, 5.74) is 1.12. The highest BCUT2D eigenvalue weighted by atomic mass is 16.5. The molecule has 1 fully saturated rings. The molecule has 1 N–H and O–H groups in total. The quantitative estimate of drug-likeness (QED) is 0.876. The predicted molar refractivity (Wildman–Crippen MR) is 90.6 cm³/mol. The minimum absolute atomic E-state index is 0.179. The molecule has 22 heavy (non-hydrogen) atoms. The van der Waals surface area contributed by atoms with E-state index in [1.54, 1.807) is 0 Å². The summed E-state index contributed by atoms with van der Waals surface area (Å²) in [5, 5.41) is 4.75. The first-order valence-corrected chi connectivity index (χ1v) is 8.28. The molecule has 1 aliphatic rings. The van der Waals surface area contributed by atoms with Gasteiger partial charge in [0.25, 0.3) is 0 Å². The van der Waals surface area contributed by atoms with Gasteiger partial charge >= 0.3 is 0 Å². The van der Waals surface area contributed by atoms with E-state index in [1.807, 2.05) is 12.1 Å². The molecule has 0 aliphatic heterocycles. The Hall–Kier alpha value is -1.48. The second-order valence-corrected chi connectivity index (χ2v) is 7.81. The van der Waals surface area contributed by atoms with Crippen LogP contribution in [0.25, 0.3) is 11.0 Å². The van der Waals surface area contributed by atoms with Crippen molar-refractivity contribution in [3.05, 3.63) is 30.0 Å². The van der Waals surface area contributed by atoms with E-state index in [-0.39, 0.29) is 5.54 Å². The van der Waals surface area contributed by atoms with Crippen molar-refractivity contribution in [3.8, 4) is 5.75 Å². The normalized spacial score (nSPS) is 22.1. The average Bonchev–Trinajstić information content (AvgIpc) is 2.78. The minimum atomic E-state index is 0.179. The Morgan fingerprint density at radius 1 is 1.18 bits per heavy atom. The maximum Gasteiger partial charge on any atom is 0.134 e. The Bertz CT molecular complexity index is 645. The highest BCUT2D eigenvalue weighted by Gasteiger charge is 2.33. The number of hydrogen-bond acceptors (Lipinski definition) is 3. The largest absolute Gasteiger partial charge is 0.490 e. The van der Waals surface area contributed by atoms with Gasteiger partial charge < -0.3 is 14.5 Å². The number of hydrogen-bond donors (Lipinski definition) is 1. The molecular weight excluding hydrogens is 274 g/mol. The Morgan fingerprint density at radius 3 is 2.55 bits per heavy atom. The summed E-state index contributed by atoms with van der Waals surface area (Å²) in [6, 6.07) is 8.82. The Balaban J connectivity index is 1.61. The fourth-order valence-electron chi connectivity index (χ4n) is 2.98. The molecule has 3 heteroatoms. The molecule has 2 aromatic rings. The smallest absolute Gasteiger partial charge is 0.134 e. The number of benzene rings is 1. The third-order valence-electron chi connectivity index (χ3n) is 4.11. The summed E-state index contributed by atoms with van der Waals surface area (Å²) in [5.74, 6) is 2.39. The first-order valence-electron chi connectivity index (χ1n) is 8.28. The van der Waals surface area contributed by atoms with E-state index in [0.717, 1.165) is 35.3 Å². The molecule has 1 aliphatic carbocycles. The van der Waals surface area contributed by atoms with Crippen LogP contribution in [-0.4, -0.2) is 17.7 Å². The van der Waals surface area contributed by atoms with Gasteiger partial charge in [0.05, 0.1) is 0 Å². The Kier molecular flexibility index (Phi) is 3.94. The van der Waals surface area contributed by atoms with Crippen molar-refractivity contribution in [2.45, 2.75) is 71.1 Å². The lowest BCUT2D eigenvalue weighted by Gasteiger charge is -2.40. The maximum absolute atomic E-state index is 6.09. The molecule has 120 valence electrons. The fraction of sp³-hybridized carbons (Fsp3) is 0.579. The molecule has 0 spiro atoms. The van der Waals surface area contributed by atoms with Crippen molar-refractivity contribution in [2.75, 3.05) is 0 Å². The van der Waals surface area contributed by atoms with Crippen LogP contribution in [0.15, 0.2) is 28.7 Å². The van der Waals surface area contributed by atoms with Crippen molar-refractivity contribution in [1.29, 1.82) is 0 Å². The van der Waals surface area contributed by atoms with Gasteiger partial charge in [-0.25, -0.2) is 0 Å². The summed E-state index contributed by atoms with van der Waals surface area (Å²) in [4.78, 5) is 0. The Labute approximate surface area is 133 Å². The van der Waals surface area contributed by atoms with Gasteiger partial charge in [-0.2, -0.15) is 0 Å². The van der Waals surface area contributed by atoms with Crippen LogP contribution in [0, 0.1) is 0 Å². The highest BCUT2D eigenvalue weighted by Crippen LogP contribution is 2.31. The molecule has 1 aromatic carbocycles. The predicted octanol–water partition coefficient (Wildman–Crippen LogP) is 4.85. The lowest BCUT2D eigenvalue weighted by atomic mass is 9.87. The second-order valence-electron chi connectivity index (χ2n) is 7.81. The number of fused-ring (bicyclic) bond motifs is 1. The molecule has 0 bridgehead atoms. The van der Waals surface area contributed by atoms with E-state index in [9.17, 15) is 0 Å². The summed E-state index contributed by atoms with van der Waals surface area (Å²) >= 11 is 0. The van der Waals surface area contributed by atoms with Crippen molar-refractivity contribution in [2.24, 2.45) is 0 Å². The van der Waals surface area contributed by atoms with Gasteiger partial charge in [0.1, 0.15) is 23.2 Å². The molecule has 0 amide bonds. The standard InChI is InChI=1S/C19H27NO2/c1-12(2)18-9-13-8-15(6-7-17(13)22-18)21-16-10-14(11-16)20-19(3,4)5/h6-9,12,14,16,20H,10-11H2,1-5H3. The third-order valence-corrected chi connectivity index (χ3v) is 4.11. The first kappa shape index (κ1) is 15.4. The summed E-state index contributed by atoms with van der Waals surface area (Å²) in [7, 11) is 0. The summed E-state index contributed by atoms with van der Waals surface area (Å²) in [6.07, 6.45) is 2.49. The van der Waals surface area contributed by atoms with E-state index in [1.165, 1.54) is 0 Å². The zero-order valence-electron chi connectivity index (χ0n) is 14.3. The average molecular weight is 301 g/mol. The zero-order valence-corrected chi connectivity index (χ0v) is 14.3. The van der Waals surface area contributed by atoms with Gasteiger partial charge in [0, 0.05) is 22.9 Å². The van der Waals surface area contributed by atoms with Crippen LogP contribution in [-0.2, 0) is 0 Å². The van der Waals surface area contributed by atoms with Crippen LogP contribution in [0.1, 0.15) is 59.1 Å². The topological polar surface area (TPSA) is 34.4 Å². The molecule has 3 rings (SSSR count). The fourth-order valence-corrected chi connectivity index (χ4v) is 2.98. The van der Waals surface area contributed by atoms with Crippen LogP contribution in [0.4, 0.5) is 0 Å². The number of ether oxygens (including phenoxy) is 1. The van der Waals surface area contributed by atoms with E-state index < -0.39 is 0 Å². The van der Waals surface area contributed by atoms with Crippen LogP contribution in [0.5, 0.6) is 5.75 Å². The molecule has 0 atom stereocenters. The Morgan fingerprint density at radius 2 is 1.91 bits per heavy atom. The molecule has 1 saturated carbocycles.